The summed E-state index contributed by atoms with van der Waals surface area (Å²) >= 11 is 7.69. The molecule has 0 spiro atoms. The summed E-state index contributed by atoms with van der Waals surface area (Å²) in [7, 11) is 1.88. The summed E-state index contributed by atoms with van der Waals surface area (Å²) in [6, 6.07) is 11.8. The molecule has 1 aliphatic heterocycles. The van der Waals surface area contributed by atoms with Gasteiger partial charge in [-0.05, 0) is 42.0 Å². The van der Waals surface area contributed by atoms with Gasteiger partial charge in [0.2, 0.25) is 5.91 Å². The van der Waals surface area contributed by atoms with E-state index in [0.717, 1.165) is 5.56 Å². The van der Waals surface area contributed by atoms with Gasteiger partial charge in [0.05, 0.1) is 12.0 Å². The van der Waals surface area contributed by atoms with Crippen LogP contribution in [0.2, 0.25) is 5.02 Å². The Labute approximate surface area is 145 Å². The summed E-state index contributed by atoms with van der Waals surface area (Å²) in [5, 5.41) is 2.73. The van der Waals surface area contributed by atoms with Crippen LogP contribution in [0, 0.1) is 0 Å². The number of hydrogen-bond acceptors (Lipinski definition) is 3. The van der Waals surface area contributed by atoms with Gasteiger partial charge in [0.25, 0.3) is 0 Å². The lowest BCUT2D eigenvalue weighted by atomic mass is 9.73. The number of ether oxygens (including phenoxy) is 1. The summed E-state index contributed by atoms with van der Waals surface area (Å²) in [6.07, 6.45) is 1.42. The van der Waals surface area contributed by atoms with Crippen molar-refractivity contribution in [2.45, 2.75) is 24.8 Å². The van der Waals surface area contributed by atoms with E-state index in [-0.39, 0.29) is 5.91 Å². The van der Waals surface area contributed by atoms with Crippen molar-refractivity contribution in [3.05, 3.63) is 57.2 Å². The van der Waals surface area contributed by atoms with Gasteiger partial charge in [-0.15, -0.1) is 11.3 Å². The third kappa shape index (κ3) is 3.44. The lowest BCUT2D eigenvalue weighted by Gasteiger charge is -2.39. The van der Waals surface area contributed by atoms with Crippen LogP contribution in [0.3, 0.4) is 0 Å². The second kappa shape index (κ2) is 7.04. The topological polar surface area (TPSA) is 29.5 Å². The molecule has 0 bridgehead atoms. The van der Waals surface area contributed by atoms with E-state index in [1.165, 1.54) is 4.88 Å². The van der Waals surface area contributed by atoms with E-state index in [0.29, 0.717) is 37.6 Å². The highest BCUT2D eigenvalue weighted by molar-refractivity contribution is 7.09. The van der Waals surface area contributed by atoms with Crippen LogP contribution in [0.1, 0.15) is 23.3 Å². The molecule has 3 nitrogen and oxygen atoms in total. The molecule has 1 aromatic carbocycles. The van der Waals surface area contributed by atoms with E-state index in [9.17, 15) is 4.79 Å². The third-order valence-corrected chi connectivity index (χ3v) is 5.59. The molecule has 1 aliphatic rings. The van der Waals surface area contributed by atoms with Crippen molar-refractivity contribution in [3.8, 4) is 0 Å². The minimum atomic E-state index is -0.505. The highest BCUT2D eigenvalue weighted by Crippen LogP contribution is 2.37. The molecule has 2 aromatic rings. The molecule has 2 heterocycles. The maximum Gasteiger partial charge on any atom is 0.233 e. The molecule has 5 heteroatoms. The Morgan fingerprint density at radius 1 is 1.26 bits per heavy atom. The average Bonchev–Trinajstić information content (AvgIpc) is 3.08. The number of carbonyl (C=O) groups excluding carboxylic acids is 1. The van der Waals surface area contributed by atoms with Crippen molar-refractivity contribution in [1.29, 1.82) is 0 Å². The Morgan fingerprint density at radius 3 is 2.57 bits per heavy atom. The fraction of sp³-hybridized carbons (Fsp3) is 0.389. The van der Waals surface area contributed by atoms with E-state index >= 15 is 0 Å². The maximum absolute atomic E-state index is 13.3. The van der Waals surface area contributed by atoms with Crippen molar-refractivity contribution < 1.29 is 9.53 Å². The van der Waals surface area contributed by atoms with Gasteiger partial charge < -0.3 is 9.64 Å². The number of halogens is 1. The molecule has 1 aromatic heterocycles. The van der Waals surface area contributed by atoms with Crippen molar-refractivity contribution in [2.24, 2.45) is 0 Å². The van der Waals surface area contributed by atoms with E-state index < -0.39 is 5.41 Å². The van der Waals surface area contributed by atoms with Crippen molar-refractivity contribution in [3.63, 3.8) is 0 Å². The van der Waals surface area contributed by atoms with Crippen LogP contribution in [-0.2, 0) is 21.5 Å². The van der Waals surface area contributed by atoms with Crippen LogP contribution in [0.25, 0.3) is 0 Å². The number of thiophene rings is 1. The van der Waals surface area contributed by atoms with E-state index in [4.69, 9.17) is 16.3 Å². The number of benzene rings is 1. The number of amides is 1. The number of likely N-dealkylation sites (N-methyl/N-ethyl adjacent to an activating group) is 1. The first kappa shape index (κ1) is 16.5. The highest BCUT2D eigenvalue weighted by Gasteiger charge is 2.43. The van der Waals surface area contributed by atoms with Gasteiger partial charge in [-0.2, -0.15) is 0 Å². The number of carbonyl (C=O) groups is 1. The van der Waals surface area contributed by atoms with Crippen molar-refractivity contribution in [1.82, 2.24) is 4.90 Å². The molecule has 0 N–H and O–H groups in total. The van der Waals surface area contributed by atoms with E-state index in [1.807, 2.05) is 47.7 Å². The van der Waals surface area contributed by atoms with Gasteiger partial charge in [0.1, 0.15) is 0 Å². The summed E-state index contributed by atoms with van der Waals surface area (Å²) in [6.45, 7) is 1.87. The van der Waals surface area contributed by atoms with Crippen LogP contribution in [0.15, 0.2) is 41.8 Å². The van der Waals surface area contributed by atoms with Crippen LogP contribution < -0.4 is 0 Å². The zero-order valence-electron chi connectivity index (χ0n) is 13.1. The van der Waals surface area contributed by atoms with Crippen molar-refractivity contribution >= 4 is 28.8 Å². The summed E-state index contributed by atoms with van der Waals surface area (Å²) in [5.41, 5.74) is 0.530. The number of nitrogens with zero attached hydrogens (tertiary/aromatic N) is 1. The number of hydrogen-bond donors (Lipinski definition) is 0. The quantitative estimate of drug-likeness (QED) is 0.831. The van der Waals surface area contributed by atoms with Gasteiger partial charge in [-0.25, -0.2) is 0 Å². The molecule has 3 rings (SSSR count). The molecule has 122 valence electrons. The van der Waals surface area contributed by atoms with E-state index in [2.05, 4.69) is 6.07 Å². The fourth-order valence-electron chi connectivity index (χ4n) is 3.19. The molecule has 23 heavy (non-hydrogen) atoms. The van der Waals surface area contributed by atoms with Crippen LogP contribution in [0.5, 0.6) is 0 Å². The molecular formula is C18H20ClNO2S. The minimum Gasteiger partial charge on any atom is -0.381 e. The Morgan fingerprint density at radius 2 is 1.96 bits per heavy atom. The largest absolute Gasteiger partial charge is 0.381 e. The monoisotopic (exact) mass is 349 g/mol. The zero-order valence-corrected chi connectivity index (χ0v) is 14.7. The fourth-order valence-corrected chi connectivity index (χ4v) is 4.07. The lowest BCUT2D eigenvalue weighted by Crippen LogP contribution is -2.48. The van der Waals surface area contributed by atoms with Gasteiger partial charge in [0, 0.05) is 30.2 Å². The summed E-state index contributed by atoms with van der Waals surface area (Å²) in [4.78, 5) is 16.3. The van der Waals surface area contributed by atoms with E-state index in [1.54, 1.807) is 11.3 Å². The normalized spacial score (nSPS) is 17.0. The van der Waals surface area contributed by atoms with Gasteiger partial charge >= 0.3 is 0 Å². The van der Waals surface area contributed by atoms with Gasteiger partial charge in [-0.1, -0.05) is 29.8 Å². The van der Waals surface area contributed by atoms with Crippen LogP contribution >= 0.6 is 22.9 Å². The average molecular weight is 350 g/mol. The Hall–Kier alpha value is -1.36. The molecular weight excluding hydrogens is 330 g/mol. The molecule has 1 amide bonds. The predicted molar refractivity (Wildman–Crippen MR) is 94.0 cm³/mol. The van der Waals surface area contributed by atoms with Gasteiger partial charge in [0.15, 0.2) is 0 Å². The predicted octanol–water partition coefficient (Wildman–Crippen LogP) is 4.11. The smallest absolute Gasteiger partial charge is 0.233 e. The Balaban J connectivity index is 1.88. The first-order valence-corrected chi connectivity index (χ1v) is 8.99. The molecule has 0 saturated carbocycles. The molecule has 0 atom stereocenters. The SMILES string of the molecule is CN(Cc1cccs1)C(=O)C1(c2ccc(Cl)cc2)CCOCC1. The first-order chi connectivity index (χ1) is 11.1. The number of rotatable bonds is 4. The van der Waals surface area contributed by atoms with Gasteiger partial charge in [-0.3, -0.25) is 4.79 Å². The Bertz CT molecular complexity index is 648. The second-order valence-corrected chi connectivity index (χ2v) is 7.41. The first-order valence-electron chi connectivity index (χ1n) is 7.73. The highest BCUT2D eigenvalue weighted by atomic mass is 35.5. The second-order valence-electron chi connectivity index (χ2n) is 5.94. The molecule has 0 unspecified atom stereocenters. The molecule has 0 radical (unpaired) electrons. The summed E-state index contributed by atoms with van der Waals surface area (Å²) in [5.74, 6) is 0.163. The van der Waals surface area contributed by atoms with Crippen LogP contribution in [-0.4, -0.2) is 31.1 Å². The zero-order chi connectivity index (χ0) is 16.3. The Kier molecular flexibility index (Phi) is 5.05. The van der Waals surface area contributed by atoms with Crippen molar-refractivity contribution in [2.75, 3.05) is 20.3 Å². The third-order valence-electron chi connectivity index (χ3n) is 4.47. The van der Waals surface area contributed by atoms with Crippen LogP contribution in [0.4, 0.5) is 0 Å². The standard InChI is InChI=1S/C18H20ClNO2S/c1-20(13-16-3-2-12-23-16)17(21)18(8-10-22-11-9-18)14-4-6-15(19)7-5-14/h2-7,12H,8-11,13H2,1H3. The molecule has 1 fully saturated rings. The molecule has 0 aliphatic carbocycles. The maximum atomic E-state index is 13.3. The minimum absolute atomic E-state index is 0.163. The lowest BCUT2D eigenvalue weighted by molar-refractivity contribution is -0.140. The molecule has 1 saturated heterocycles. The summed E-state index contributed by atoms with van der Waals surface area (Å²) < 4.78 is 5.51.